The number of fused-ring (bicyclic) bond motifs is 2. The highest BCUT2D eigenvalue weighted by molar-refractivity contribution is 6.04. The summed E-state index contributed by atoms with van der Waals surface area (Å²) in [5, 5.41) is 9.98. The van der Waals surface area contributed by atoms with Gasteiger partial charge in [-0.2, -0.15) is 0 Å². The molecule has 122 valence electrons. The molecule has 1 aliphatic heterocycles. The number of halogens is 1. The monoisotopic (exact) mass is 325 g/mol. The molecule has 3 aromatic rings. The van der Waals surface area contributed by atoms with E-state index in [1.807, 2.05) is 18.2 Å². The molecule has 4 rings (SSSR count). The fourth-order valence-electron chi connectivity index (χ4n) is 3.43. The number of carboxylic acids is 1. The first-order chi connectivity index (χ1) is 11.5. The summed E-state index contributed by atoms with van der Waals surface area (Å²) in [6, 6.07) is 10.7. The van der Waals surface area contributed by atoms with Crippen molar-refractivity contribution in [2.24, 2.45) is 0 Å². The van der Waals surface area contributed by atoms with Crippen molar-refractivity contribution in [1.29, 1.82) is 0 Å². The number of anilines is 1. The molecule has 0 amide bonds. The molecule has 5 heteroatoms. The normalized spacial score (nSPS) is 14.0. The Balaban J connectivity index is 1.76. The number of furan rings is 1. The first-order valence-corrected chi connectivity index (χ1v) is 7.82. The van der Waals surface area contributed by atoms with E-state index in [1.54, 1.807) is 19.1 Å². The SMILES string of the molecule is Cc1oc2ccc(N3CCc4cccc(F)c4C3)cc2c1C(=O)O. The third kappa shape index (κ3) is 2.24. The molecule has 0 saturated heterocycles. The quantitative estimate of drug-likeness (QED) is 0.769. The Morgan fingerprint density at radius 2 is 2.12 bits per heavy atom. The fraction of sp³-hybridized carbons (Fsp3) is 0.211. The summed E-state index contributed by atoms with van der Waals surface area (Å²) < 4.78 is 19.6. The van der Waals surface area contributed by atoms with Crippen molar-refractivity contribution in [2.45, 2.75) is 19.9 Å². The molecule has 0 bridgehead atoms. The van der Waals surface area contributed by atoms with Crippen molar-refractivity contribution >= 4 is 22.6 Å². The summed E-state index contributed by atoms with van der Waals surface area (Å²) in [5.74, 6) is -0.799. The van der Waals surface area contributed by atoms with Gasteiger partial charge in [-0.15, -0.1) is 0 Å². The lowest BCUT2D eigenvalue weighted by molar-refractivity contribution is 0.0697. The van der Waals surface area contributed by atoms with Gasteiger partial charge in [0, 0.05) is 29.7 Å². The van der Waals surface area contributed by atoms with Crippen LogP contribution in [0, 0.1) is 12.7 Å². The molecule has 0 saturated carbocycles. The highest BCUT2D eigenvalue weighted by Gasteiger charge is 2.22. The van der Waals surface area contributed by atoms with Crippen LogP contribution in [0.4, 0.5) is 10.1 Å². The van der Waals surface area contributed by atoms with Gasteiger partial charge in [-0.3, -0.25) is 0 Å². The number of hydrogen-bond acceptors (Lipinski definition) is 3. The molecule has 24 heavy (non-hydrogen) atoms. The fourth-order valence-corrected chi connectivity index (χ4v) is 3.43. The molecule has 0 atom stereocenters. The maximum absolute atomic E-state index is 14.1. The van der Waals surface area contributed by atoms with Crippen LogP contribution in [0.1, 0.15) is 27.2 Å². The first kappa shape index (κ1) is 14.8. The Morgan fingerprint density at radius 1 is 1.29 bits per heavy atom. The van der Waals surface area contributed by atoms with E-state index in [0.717, 1.165) is 24.2 Å². The minimum Gasteiger partial charge on any atom is -0.478 e. The van der Waals surface area contributed by atoms with Crippen LogP contribution in [0.25, 0.3) is 11.0 Å². The van der Waals surface area contributed by atoms with E-state index in [2.05, 4.69) is 4.90 Å². The van der Waals surface area contributed by atoms with E-state index < -0.39 is 5.97 Å². The summed E-state index contributed by atoms with van der Waals surface area (Å²) in [7, 11) is 0. The van der Waals surface area contributed by atoms with Crippen LogP contribution in [-0.2, 0) is 13.0 Å². The molecular formula is C19H16FNO3. The molecule has 0 spiro atoms. The first-order valence-electron chi connectivity index (χ1n) is 7.82. The maximum atomic E-state index is 14.1. The van der Waals surface area contributed by atoms with E-state index in [9.17, 15) is 14.3 Å². The van der Waals surface area contributed by atoms with Crippen molar-refractivity contribution < 1.29 is 18.7 Å². The van der Waals surface area contributed by atoms with Gasteiger partial charge >= 0.3 is 5.97 Å². The van der Waals surface area contributed by atoms with Gasteiger partial charge in [0.25, 0.3) is 0 Å². The van der Waals surface area contributed by atoms with E-state index in [0.29, 0.717) is 28.8 Å². The summed E-state index contributed by atoms with van der Waals surface area (Å²) in [4.78, 5) is 13.5. The summed E-state index contributed by atoms with van der Waals surface area (Å²) >= 11 is 0. The highest BCUT2D eigenvalue weighted by Crippen LogP contribution is 2.32. The molecule has 4 nitrogen and oxygen atoms in total. The lowest BCUT2D eigenvalue weighted by Gasteiger charge is -2.31. The summed E-state index contributed by atoms with van der Waals surface area (Å²) in [6.45, 7) is 2.89. The van der Waals surface area contributed by atoms with Gasteiger partial charge < -0.3 is 14.4 Å². The van der Waals surface area contributed by atoms with Crippen molar-refractivity contribution in [3.8, 4) is 0 Å². The predicted octanol–water partition coefficient (Wildman–Crippen LogP) is 4.14. The van der Waals surface area contributed by atoms with Gasteiger partial charge in [0.15, 0.2) is 0 Å². The number of benzene rings is 2. The molecule has 1 aliphatic rings. The third-order valence-electron chi connectivity index (χ3n) is 4.64. The van der Waals surface area contributed by atoms with Crippen LogP contribution in [0.5, 0.6) is 0 Å². The van der Waals surface area contributed by atoms with E-state index in [4.69, 9.17) is 4.42 Å². The largest absolute Gasteiger partial charge is 0.478 e. The minimum absolute atomic E-state index is 0.190. The molecule has 1 aromatic heterocycles. The lowest BCUT2D eigenvalue weighted by atomic mass is 9.98. The number of carbonyl (C=O) groups is 1. The standard InChI is InChI=1S/C19H16FNO3/c1-11-18(19(22)23)14-9-13(5-6-17(14)24-11)21-8-7-12-3-2-4-16(20)15(12)10-21/h2-6,9H,7-8,10H2,1H3,(H,22,23). The van der Waals surface area contributed by atoms with Crippen molar-refractivity contribution in [2.75, 3.05) is 11.4 Å². The topological polar surface area (TPSA) is 53.7 Å². The smallest absolute Gasteiger partial charge is 0.339 e. The lowest BCUT2D eigenvalue weighted by Crippen LogP contribution is -2.31. The van der Waals surface area contributed by atoms with E-state index >= 15 is 0 Å². The molecule has 0 aliphatic carbocycles. The number of nitrogens with zero attached hydrogens (tertiary/aromatic N) is 1. The highest BCUT2D eigenvalue weighted by atomic mass is 19.1. The maximum Gasteiger partial charge on any atom is 0.339 e. The summed E-state index contributed by atoms with van der Waals surface area (Å²) in [6.07, 6.45) is 0.765. The second-order valence-corrected chi connectivity index (χ2v) is 6.07. The number of aromatic carboxylic acids is 1. The molecule has 0 unspecified atom stereocenters. The number of aryl methyl sites for hydroxylation is 1. The Morgan fingerprint density at radius 3 is 2.92 bits per heavy atom. The third-order valence-corrected chi connectivity index (χ3v) is 4.64. The van der Waals surface area contributed by atoms with Crippen LogP contribution in [-0.4, -0.2) is 17.6 Å². The second kappa shape index (κ2) is 5.37. The van der Waals surface area contributed by atoms with Gasteiger partial charge in [-0.05, 0) is 43.2 Å². The number of rotatable bonds is 2. The van der Waals surface area contributed by atoms with Gasteiger partial charge in [-0.25, -0.2) is 9.18 Å². The molecule has 2 heterocycles. The predicted molar refractivity (Wildman–Crippen MR) is 89.1 cm³/mol. The van der Waals surface area contributed by atoms with Crippen LogP contribution in [0.15, 0.2) is 40.8 Å². The zero-order valence-corrected chi connectivity index (χ0v) is 13.2. The average Bonchev–Trinajstić information content (AvgIpc) is 2.90. The van der Waals surface area contributed by atoms with Gasteiger partial charge in [0.2, 0.25) is 0 Å². The van der Waals surface area contributed by atoms with Gasteiger partial charge in [0.1, 0.15) is 22.7 Å². The second-order valence-electron chi connectivity index (χ2n) is 6.07. The van der Waals surface area contributed by atoms with E-state index in [-0.39, 0.29) is 11.4 Å². The number of carboxylic acid groups (broad SMARTS) is 1. The van der Waals surface area contributed by atoms with Crippen LogP contribution in [0.2, 0.25) is 0 Å². The molecule has 1 N–H and O–H groups in total. The van der Waals surface area contributed by atoms with Crippen molar-refractivity contribution in [3.05, 3.63) is 64.7 Å². The van der Waals surface area contributed by atoms with Crippen LogP contribution < -0.4 is 4.90 Å². The molecular weight excluding hydrogens is 309 g/mol. The van der Waals surface area contributed by atoms with Gasteiger partial charge in [0.05, 0.1) is 0 Å². The Bertz CT molecular complexity index is 961. The molecule has 0 radical (unpaired) electrons. The summed E-state index contributed by atoms with van der Waals surface area (Å²) in [5.41, 5.74) is 3.37. The van der Waals surface area contributed by atoms with Crippen molar-refractivity contribution in [3.63, 3.8) is 0 Å². The number of hydrogen-bond donors (Lipinski definition) is 1. The molecule has 0 fully saturated rings. The van der Waals surface area contributed by atoms with E-state index in [1.165, 1.54) is 6.07 Å². The van der Waals surface area contributed by atoms with Crippen LogP contribution >= 0.6 is 0 Å². The Labute approximate surface area is 138 Å². The zero-order chi connectivity index (χ0) is 16.8. The van der Waals surface area contributed by atoms with Crippen LogP contribution in [0.3, 0.4) is 0 Å². The Kier molecular flexibility index (Phi) is 3.30. The minimum atomic E-state index is -1.00. The van der Waals surface area contributed by atoms with Gasteiger partial charge in [-0.1, -0.05) is 12.1 Å². The van der Waals surface area contributed by atoms with Crippen molar-refractivity contribution in [1.82, 2.24) is 0 Å². The average molecular weight is 325 g/mol. The Hall–Kier alpha value is -2.82. The molecule has 2 aromatic carbocycles. The zero-order valence-electron chi connectivity index (χ0n) is 13.2.